The molecule has 0 bridgehead atoms. The molecule has 2 aromatic rings. The molecule has 0 aliphatic heterocycles. The van der Waals surface area contributed by atoms with Crippen molar-refractivity contribution in [2.75, 3.05) is 5.32 Å². The van der Waals surface area contributed by atoms with E-state index in [1.807, 2.05) is 31.2 Å². The van der Waals surface area contributed by atoms with Crippen LogP contribution in [0.4, 0.5) is 10.1 Å². The van der Waals surface area contributed by atoms with E-state index in [0.29, 0.717) is 11.6 Å². The molecule has 2 nitrogen and oxygen atoms in total. The molecule has 0 saturated carbocycles. The average molecular weight is 308 g/mol. The van der Waals surface area contributed by atoms with Crippen LogP contribution < -0.4 is 10.1 Å². The number of hydrogen-bond donors (Lipinski definition) is 1. The van der Waals surface area contributed by atoms with Crippen LogP contribution in [0.5, 0.6) is 5.75 Å². The van der Waals surface area contributed by atoms with Crippen LogP contribution in [-0.4, -0.2) is 6.10 Å². The normalized spacial score (nSPS) is 12.0. The van der Waals surface area contributed by atoms with Crippen LogP contribution in [0, 0.1) is 5.82 Å². The first-order valence-electron chi connectivity index (χ1n) is 7.02. The van der Waals surface area contributed by atoms with Crippen molar-refractivity contribution in [2.24, 2.45) is 0 Å². The number of halogens is 2. The highest BCUT2D eigenvalue weighted by molar-refractivity contribution is 6.30. The van der Waals surface area contributed by atoms with Crippen molar-refractivity contribution in [3.05, 3.63) is 58.9 Å². The summed E-state index contributed by atoms with van der Waals surface area (Å²) in [5.74, 6) is 0.500. The Morgan fingerprint density at radius 1 is 1.24 bits per heavy atom. The number of rotatable bonds is 6. The minimum absolute atomic E-state index is 0.183. The molecule has 4 heteroatoms. The van der Waals surface area contributed by atoms with Crippen molar-refractivity contribution >= 4 is 17.3 Å². The van der Waals surface area contributed by atoms with Gasteiger partial charge in [0.15, 0.2) is 0 Å². The quantitative estimate of drug-likeness (QED) is 0.785. The Labute approximate surface area is 129 Å². The van der Waals surface area contributed by atoms with Gasteiger partial charge < -0.3 is 10.1 Å². The zero-order valence-corrected chi connectivity index (χ0v) is 13.0. The zero-order chi connectivity index (χ0) is 15.2. The number of ether oxygens (including phenoxy) is 1. The van der Waals surface area contributed by atoms with Crippen LogP contribution in [-0.2, 0) is 6.54 Å². The molecule has 1 atom stereocenters. The van der Waals surface area contributed by atoms with Crippen molar-refractivity contribution in [3.8, 4) is 5.75 Å². The molecule has 2 aromatic carbocycles. The Bertz CT molecular complexity index is 583. The van der Waals surface area contributed by atoms with E-state index in [-0.39, 0.29) is 11.9 Å². The van der Waals surface area contributed by atoms with Gasteiger partial charge in [-0.2, -0.15) is 0 Å². The van der Waals surface area contributed by atoms with Crippen molar-refractivity contribution in [1.29, 1.82) is 0 Å². The van der Waals surface area contributed by atoms with Gasteiger partial charge in [0.1, 0.15) is 11.6 Å². The second-order valence-electron chi connectivity index (χ2n) is 5.00. The Balaban J connectivity index is 2.01. The third kappa shape index (κ3) is 4.94. The molecule has 0 aliphatic carbocycles. The fraction of sp³-hybridized carbons (Fsp3) is 0.294. The highest BCUT2D eigenvalue weighted by Gasteiger charge is 2.03. The van der Waals surface area contributed by atoms with Crippen LogP contribution in [0.15, 0.2) is 42.5 Å². The second-order valence-corrected chi connectivity index (χ2v) is 5.43. The first-order chi connectivity index (χ1) is 10.1. The van der Waals surface area contributed by atoms with Gasteiger partial charge in [-0.1, -0.05) is 24.6 Å². The molecule has 0 radical (unpaired) electrons. The van der Waals surface area contributed by atoms with Gasteiger partial charge in [0.05, 0.1) is 6.10 Å². The standard InChI is InChI=1S/C17H19ClFNO/c1-3-12(2)21-17-6-4-5-16(10-17)20-11-13-7-14(18)9-15(19)8-13/h4-10,12,20H,3,11H2,1-2H3. The van der Waals surface area contributed by atoms with Crippen LogP contribution in [0.25, 0.3) is 0 Å². The van der Waals surface area contributed by atoms with Gasteiger partial charge in [-0.05, 0) is 49.2 Å². The molecule has 1 unspecified atom stereocenters. The maximum absolute atomic E-state index is 13.3. The Morgan fingerprint density at radius 2 is 2.05 bits per heavy atom. The van der Waals surface area contributed by atoms with Gasteiger partial charge in [-0.3, -0.25) is 0 Å². The van der Waals surface area contributed by atoms with Crippen LogP contribution in [0.1, 0.15) is 25.8 Å². The molecule has 0 spiro atoms. The predicted octanol–water partition coefficient (Wildman–Crippen LogP) is 5.27. The molecule has 0 amide bonds. The predicted molar refractivity (Wildman–Crippen MR) is 85.6 cm³/mol. The smallest absolute Gasteiger partial charge is 0.125 e. The minimum Gasteiger partial charge on any atom is -0.491 e. The summed E-state index contributed by atoms with van der Waals surface area (Å²) in [6, 6.07) is 12.3. The van der Waals surface area contributed by atoms with E-state index in [9.17, 15) is 4.39 Å². The lowest BCUT2D eigenvalue weighted by molar-refractivity contribution is 0.217. The summed E-state index contributed by atoms with van der Waals surface area (Å²) in [5.41, 5.74) is 1.73. The average Bonchev–Trinajstić information content (AvgIpc) is 2.44. The van der Waals surface area contributed by atoms with E-state index in [2.05, 4.69) is 12.2 Å². The lowest BCUT2D eigenvalue weighted by atomic mass is 10.2. The maximum Gasteiger partial charge on any atom is 0.125 e. The van der Waals surface area contributed by atoms with Crippen molar-refractivity contribution in [3.63, 3.8) is 0 Å². The van der Waals surface area contributed by atoms with Crippen LogP contribution in [0.2, 0.25) is 5.02 Å². The number of nitrogens with one attached hydrogen (secondary N) is 1. The summed E-state index contributed by atoms with van der Waals surface area (Å²) in [6.45, 7) is 4.62. The molecule has 21 heavy (non-hydrogen) atoms. The molecule has 0 aromatic heterocycles. The summed E-state index contributed by atoms with van der Waals surface area (Å²) in [7, 11) is 0. The van der Waals surface area contributed by atoms with Crippen molar-refractivity contribution < 1.29 is 9.13 Å². The maximum atomic E-state index is 13.3. The van der Waals surface area contributed by atoms with Crippen LogP contribution >= 0.6 is 11.6 Å². The summed E-state index contributed by atoms with van der Waals surface area (Å²) in [6.07, 6.45) is 1.14. The van der Waals surface area contributed by atoms with E-state index in [4.69, 9.17) is 16.3 Å². The first-order valence-corrected chi connectivity index (χ1v) is 7.40. The molecular weight excluding hydrogens is 289 g/mol. The third-order valence-electron chi connectivity index (χ3n) is 3.17. The number of benzene rings is 2. The molecule has 2 rings (SSSR count). The molecule has 1 N–H and O–H groups in total. The zero-order valence-electron chi connectivity index (χ0n) is 12.2. The third-order valence-corrected chi connectivity index (χ3v) is 3.38. The van der Waals surface area contributed by atoms with E-state index in [1.54, 1.807) is 6.07 Å². The highest BCUT2D eigenvalue weighted by atomic mass is 35.5. The van der Waals surface area contributed by atoms with E-state index in [0.717, 1.165) is 23.4 Å². The monoisotopic (exact) mass is 307 g/mol. The Morgan fingerprint density at radius 3 is 2.76 bits per heavy atom. The highest BCUT2D eigenvalue weighted by Crippen LogP contribution is 2.21. The van der Waals surface area contributed by atoms with E-state index < -0.39 is 0 Å². The summed E-state index contributed by atoms with van der Waals surface area (Å²) in [5, 5.41) is 3.65. The van der Waals surface area contributed by atoms with E-state index in [1.165, 1.54) is 12.1 Å². The van der Waals surface area contributed by atoms with E-state index >= 15 is 0 Å². The SMILES string of the molecule is CCC(C)Oc1cccc(NCc2cc(F)cc(Cl)c2)c1. The molecular formula is C17H19ClFNO. The fourth-order valence-corrected chi connectivity index (χ4v) is 2.16. The number of anilines is 1. The van der Waals surface area contributed by atoms with Gasteiger partial charge in [0, 0.05) is 23.3 Å². The van der Waals surface area contributed by atoms with Gasteiger partial charge in [0.25, 0.3) is 0 Å². The second kappa shape index (κ2) is 7.32. The Kier molecular flexibility index (Phi) is 5.45. The lowest BCUT2D eigenvalue weighted by Crippen LogP contribution is -2.09. The summed E-state index contributed by atoms with van der Waals surface area (Å²) < 4.78 is 19.0. The summed E-state index contributed by atoms with van der Waals surface area (Å²) >= 11 is 5.84. The summed E-state index contributed by atoms with van der Waals surface area (Å²) in [4.78, 5) is 0. The van der Waals surface area contributed by atoms with Gasteiger partial charge in [-0.15, -0.1) is 0 Å². The van der Waals surface area contributed by atoms with Gasteiger partial charge >= 0.3 is 0 Å². The van der Waals surface area contributed by atoms with Gasteiger partial charge in [0.2, 0.25) is 0 Å². The largest absolute Gasteiger partial charge is 0.491 e. The molecule has 0 fully saturated rings. The van der Waals surface area contributed by atoms with Gasteiger partial charge in [-0.25, -0.2) is 4.39 Å². The molecule has 0 heterocycles. The molecule has 0 aliphatic rings. The fourth-order valence-electron chi connectivity index (χ4n) is 1.91. The topological polar surface area (TPSA) is 21.3 Å². The first kappa shape index (κ1) is 15.6. The van der Waals surface area contributed by atoms with Crippen molar-refractivity contribution in [1.82, 2.24) is 0 Å². The Hall–Kier alpha value is -1.74. The van der Waals surface area contributed by atoms with Crippen LogP contribution in [0.3, 0.4) is 0 Å². The lowest BCUT2D eigenvalue weighted by Gasteiger charge is -2.14. The molecule has 0 saturated heterocycles. The minimum atomic E-state index is -0.326. The number of hydrogen-bond acceptors (Lipinski definition) is 2. The molecule has 112 valence electrons. The van der Waals surface area contributed by atoms with Crippen molar-refractivity contribution in [2.45, 2.75) is 32.9 Å².